The van der Waals surface area contributed by atoms with Gasteiger partial charge in [0.1, 0.15) is 6.54 Å². The Morgan fingerprint density at radius 2 is 1.67 bits per heavy atom. The summed E-state index contributed by atoms with van der Waals surface area (Å²) in [5.41, 5.74) is 1.71. The second-order valence-electron chi connectivity index (χ2n) is 6.45. The predicted molar refractivity (Wildman–Crippen MR) is 104 cm³/mol. The Morgan fingerprint density at radius 3 is 2.44 bits per heavy atom. The first-order valence-corrected chi connectivity index (χ1v) is 10.3. The third kappa shape index (κ3) is 3.28. The van der Waals surface area contributed by atoms with E-state index in [0.29, 0.717) is 17.5 Å². The zero-order valence-electron chi connectivity index (χ0n) is 14.7. The van der Waals surface area contributed by atoms with Crippen LogP contribution < -0.4 is 4.31 Å². The molecule has 0 aliphatic carbocycles. The minimum Gasteiger partial charge on any atom is -0.464 e. The maximum absolute atomic E-state index is 12.8. The van der Waals surface area contributed by atoms with Crippen LogP contribution >= 0.6 is 0 Å². The molecule has 3 aromatic carbocycles. The van der Waals surface area contributed by atoms with Gasteiger partial charge >= 0.3 is 5.97 Å². The van der Waals surface area contributed by atoms with Crippen molar-refractivity contribution in [2.75, 3.05) is 17.5 Å². The van der Waals surface area contributed by atoms with Crippen LogP contribution in [0.3, 0.4) is 0 Å². The normalized spacial score (nSPS) is 14.4. The average Bonchev–Trinajstić information content (AvgIpc) is 2.90. The molecule has 0 N–H and O–H groups in total. The number of hydrogen-bond acceptors (Lipinski definition) is 4. The van der Waals surface area contributed by atoms with Gasteiger partial charge in [-0.25, -0.2) is 8.42 Å². The predicted octanol–water partition coefficient (Wildman–Crippen LogP) is 3.52. The number of esters is 1. The van der Waals surface area contributed by atoms with Crippen molar-refractivity contribution in [3.63, 3.8) is 0 Å². The number of anilines is 1. The van der Waals surface area contributed by atoms with Gasteiger partial charge in [0, 0.05) is 5.39 Å². The fraction of sp³-hybridized carbons (Fsp3) is 0.190. The van der Waals surface area contributed by atoms with Crippen LogP contribution in [0, 0.1) is 0 Å². The second kappa shape index (κ2) is 7.04. The number of benzene rings is 3. The SMILES string of the molecule is O=C(CN1c2cccc3cccc(c23)S1(=O)=O)OCCCc1ccccc1. The van der Waals surface area contributed by atoms with Crippen LogP contribution in [0.4, 0.5) is 5.69 Å². The van der Waals surface area contributed by atoms with Crippen molar-refractivity contribution in [1.82, 2.24) is 0 Å². The molecule has 1 aliphatic rings. The number of carbonyl (C=O) groups is 1. The molecule has 0 aromatic heterocycles. The van der Waals surface area contributed by atoms with Crippen LogP contribution in [-0.2, 0) is 26.0 Å². The molecule has 27 heavy (non-hydrogen) atoms. The Kier molecular flexibility index (Phi) is 4.58. The van der Waals surface area contributed by atoms with E-state index in [4.69, 9.17) is 4.74 Å². The number of carbonyl (C=O) groups excluding carboxylic acids is 1. The first-order chi connectivity index (χ1) is 13.1. The van der Waals surface area contributed by atoms with E-state index in [-0.39, 0.29) is 18.0 Å². The van der Waals surface area contributed by atoms with E-state index in [0.717, 1.165) is 16.1 Å². The van der Waals surface area contributed by atoms with Crippen LogP contribution in [-0.4, -0.2) is 27.5 Å². The van der Waals surface area contributed by atoms with Gasteiger partial charge < -0.3 is 4.74 Å². The number of nitrogens with zero attached hydrogens (tertiary/aromatic N) is 1. The van der Waals surface area contributed by atoms with Crippen molar-refractivity contribution in [2.45, 2.75) is 17.7 Å². The first-order valence-electron chi connectivity index (χ1n) is 8.81. The average molecular weight is 381 g/mol. The first kappa shape index (κ1) is 17.5. The fourth-order valence-electron chi connectivity index (χ4n) is 3.40. The molecule has 0 radical (unpaired) electrons. The highest BCUT2D eigenvalue weighted by atomic mass is 32.2. The lowest BCUT2D eigenvalue weighted by atomic mass is 10.1. The Hall–Kier alpha value is -2.86. The molecule has 0 fully saturated rings. The zero-order chi connectivity index (χ0) is 18.9. The Bertz CT molecular complexity index is 1090. The summed E-state index contributed by atoms with van der Waals surface area (Å²) in [6, 6.07) is 20.5. The van der Waals surface area contributed by atoms with Crippen molar-refractivity contribution >= 4 is 32.5 Å². The summed E-state index contributed by atoms with van der Waals surface area (Å²) in [6.07, 6.45) is 1.50. The zero-order valence-corrected chi connectivity index (χ0v) is 15.5. The largest absolute Gasteiger partial charge is 0.464 e. The lowest BCUT2D eigenvalue weighted by Crippen LogP contribution is -2.33. The third-order valence-electron chi connectivity index (χ3n) is 4.67. The van der Waals surface area contributed by atoms with Crippen molar-refractivity contribution in [3.05, 3.63) is 72.3 Å². The number of aryl methyl sites for hydroxylation is 1. The number of hydrogen-bond donors (Lipinski definition) is 0. The Morgan fingerprint density at radius 1 is 0.926 bits per heavy atom. The third-order valence-corrected chi connectivity index (χ3v) is 6.47. The van der Waals surface area contributed by atoms with E-state index in [1.807, 2.05) is 42.5 Å². The molecule has 6 heteroatoms. The molecule has 5 nitrogen and oxygen atoms in total. The monoisotopic (exact) mass is 381 g/mol. The van der Waals surface area contributed by atoms with Gasteiger partial charge in [-0.2, -0.15) is 0 Å². The molecule has 138 valence electrons. The summed E-state index contributed by atoms with van der Waals surface area (Å²) in [6.45, 7) is -0.0553. The number of ether oxygens (including phenoxy) is 1. The van der Waals surface area contributed by atoms with Crippen LogP contribution in [0.25, 0.3) is 10.8 Å². The molecule has 0 saturated carbocycles. The van der Waals surface area contributed by atoms with Crippen LogP contribution in [0.5, 0.6) is 0 Å². The van der Waals surface area contributed by atoms with Crippen molar-refractivity contribution < 1.29 is 17.9 Å². The minimum absolute atomic E-state index is 0.243. The maximum Gasteiger partial charge on any atom is 0.326 e. The molecule has 1 aliphatic heterocycles. The molecule has 0 saturated heterocycles. The van der Waals surface area contributed by atoms with Gasteiger partial charge in [0.25, 0.3) is 10.0 Å². The van der Waals surface area contributed by atoms with Gasteiger partial charge in [-0.05, 0) is 35.9 Å². The maximum atomic E-state index is 12.8. The van der Waals surface area contributed by atoms with Gasteiger partial charge in [-0.15, -0.1) is 0 Å². The lowest BCUT2D eigenvalue weighted by Gasteiger charge is -2.17. The summed E-state index contributed by atoms with van der Waals surface area (Å²) in [7, 11) is -3.73. The van der Waals surface area contributed by atoms with Crippen molar-refractivity contribution in [2.24, 2.45) is 0 Å². The summed E-state index contributed by atoms with van der Waals surface area (Å²) < 4.78 is 32.1. The lowest BCUT2D eigenvalue weighted by molar-refractivity contribution is -0.141. The molecule has 0 spiro atoms. The summed E-state index contributed by atoms with van der Waals surface area (Å²) in [5.74, 6) is -0.545. The van der Waals surface area contributed by atoms with Gasteiger partial charge in [0.15, 0.2) is 0 Å². The second-order valence-corrected chi connectivity index (χ2v) is 8.28. The van der Waals surface area contributed by atoms with E-state index >= 15 is 0 Å². The molecule has 0 amide bonds. The van der Waals surface area contributed by atoms with Crippen molar-refractivity contribution in [1.29, 1.82) is 0 Å². The van der Waals surface area contributed by atoms with E-state index in [1.165, 1.54) is 5.56 Å². The summed E-state index contributed by atoms with van der Waals surface area (Å²) in [5, 5.41) is 1.50. The van der Waals surface area contributed by atoms with E-state index in [9.17, 15) is 13.2 Å². The molecule has 0 bridgehead atoms. The van der Waals surface area contributed by atoms with Gasteiger partial charge in [-0.1, -0.05) is 54.6 Å². The molecular formula is C21H19NO4S. The molecule has 3 aromatic rings. The minimum atomic E-state index is -3.73. The highest BCUT2D eigenvalue weighted by Crippen LogP contribution is 2.41. The summed E-state index contributed by atoms with van der Waals surface area (Å²) in [4.78, 5) is 12.5. The van der Waals surface area contributed by atoms with Crippen LogP contribution in [0.2, 0.25) is 0 Å². The quantitative estimate of drug-likeness (QED) is 0.484. The molecule has 4 rings (SSSR count). The highest BCUT2D eigenvalue weighted by molar-refractivity contribution is 7.93. The van der Waals surface area contributed by atoms with E-state index < -0.39 is 16.0 Å². The van der Waals surface area contributed by atoms with Crippen LogP contribution in [0.15, 0.2) is 71.6 Å². The number of sulfonamides is 1. The van der Waals surface area contributed by atoms with Crippen molar-refractivity contribution in [3.8, 4) is 0 Å². The Balaban J connectivity index is 1.42. The molecule has 0 unspecified atom stereocenters. The molecule has 1 heterocycles. The molecule has 0 atom stereocenters. The fourth-order valence-corrected chi connectivity index (χ4v) is 5.05. The topological polar surface area (TPSA) is 63.7 Å². The smallest absolute Gasteiger partial charge is 0.326 e. The van der Waals surface area contributed by atoms with E-state index in [2.05, 4.69) is 0 Å². The molecular weight excluding hydrogens is 362 g/mol. The van der Waals surface area contributed by atoms with E-state index in [1.54, 1.807) is 24.3 Å². The number of rotatable bonds is 6. The highest BCUT2D eigenvalue weighted by Gasteiger charge is 2.36. The van der Waals surface area contributed by atoms with Gasteiger partial charge in [0.05, 0.1) is 17.2 Å². The van der Waals surface area contributed by atoms with Crippen LogP contribution in [0.1, 0.15) is 12.0 Å². The summed E-state index contributed by atoms with van der Waals surface area (Å²) >= 11 is 0. The van der Waals surface area contributed by atoms with Gasteiger partial charge in [0.2, 0.25) is 0 Å². The Labute approximate surface area is 158 Å². The van der Waals surface area contributed by atoms with Gasteiger partial charge in [-0.3, -0.25) is 9.10 Å². The standard InChI is InChI=1S/C21H19NO4S/c23-20(26-14-6-9-16-7-2-1-3-8-16)15-22-18-12-4-10-17-11-5-13-19(21(17)18)27(22,24)25/h1-5,7-8,10-13H,6,9,14-15H2.